The minimum atomic E-state index is -0.336. The summed E-state index contributed by atoms with van der Waals surface area (Å²) < 4.78 is 13.7. The van der Waals surface area contributed by atoms with E-state index in [0.717, 1.165) is 0 Å². The fourth-order valence-corrected chi connectivity index (χ4v) is 2.01. The minimum Gasteiger partial charge on any atom is -0.308 e. The molecule has 1 aliphatic heterocycles. The molecule has 1 fully saturated rings. The summed E-state index contributed by atoms with van der Waals surface area (Å²) in [6.45, 7) is 2.07. The average Bonchev–Trinajstić information content (AvgIpc) is 2.50. The van der Waals surface area contributed by atoms with Gasteiger partial charge in [-0.15, -0.1) is 11.6 Å². The molecule has 2 rings (SSSR count). The lowest BCUT2D eigenvalue weighted by molar-refractivity contribution is -0.117. The van der Waals surface area contributed by atoms with Crippen molar-refractivity contribution in [1.82, 2.24) is 0 Å². The molecular weight excluding hydrogens is 217 g/mol. The van der Waals surface area contributed by atoms with E-state index in [2.05, 4.69) is 0 Å². The van der Waals surface area contributed by atoms with E-state index in [0.29, 0.717) is 17.8 Å². The second-order valence-electron chi connectivity index (χ2n) is 3.71. The monoisotopic (exact) mass is 227 g/mol. The third-order valence-electron chi connectivity index (χ3n) is 2.54. The first-order valence-electron chi connectivity index (χ1n) is 4.79. The molecule has 0 radical (unpaired) electrons. The van der Waals surface area contributed by atoms with Crippen LogP contribution in [-0.4, -0.2) is 17.8 Å². The lowest BCUT2D eigenvalue weighted by Crippen LogP contribution is -2.25. The summed E-state index contributed by atoms with van der Waals surface area (Å²) in [7, 11) is 0. The number of alkyl halides is 1. The standard InChI is InChI=1S/C11H11ClFNO/c1-7-3-2-4-9(11(7)13)14-6-8(12)5-10(14)15/h2-4,8H,5-6H2,1H3. The molecule has 1 atom stereocenters. The van der Waals surface area contributed by atoms with Gasteiger partial charge in [0.1, 0.15) is 5.82 Å². The molecule has 0 N–H and O–H groups in total. The number of halogens is 2. The Kier molecular flexibility index (Phi) is 2.65. The molecular formula is C11H11ClFNO. The van der Waals surface area contributed by atoms with Crippen molar-refractivity contribution in [2.45, 2.75) is 18.7 Å². The van der Waals surface area contributed by atoms with Gasteiger partial charge in [-0.2, -0.15) is 0 Å². The van der Waals surface area contributed by atoms with E-state index in [-0.39, 0.29) is 23.5 Å². The fourth-order valence-electron chi connectivity index (χ4n) is 1.74. The summed E-state index contributed by atoms with van der Waals surface area (Å²) in [4.78, 5) is 12.9. The average molecular weight is 228 g/mol. The molecule has 1 amide bonds. The number of nitrogens with zero attached hydrogens (tertiary/aromatic N) is 1. The van der Waals surface area contributed by atoms with Crippen molar-refractivity contribution < 1.29 is 9.18 Å². The van der Waals surface area contributed by atoms with Crippen molar-refractivity contribution in [3.63, 3.8) is 0 Å². The van der Waals surface area contributed by atoms with Gasteiger partial charge in [-0.3, -0.25) is 4.79 Å². The Labute approximate surface area is 92.6 Å². The van der Waals surface area contributed by atoms with E-state index >= 15 is 0 Å². The second-order valence-corrected chi connectivity index (χ2v) is 4.33. The van der Waals surface area contributed by atoms with E-state index in [4.69, 9.17) is 11.6 Å². The molecule has 1 unspecified atom stereocenters. The van der Waals surface area contributed by atoms with Crippen molar-refractivity contribution in [3.05, 3.63) is 29.6 Å². The van der Waals surface area contributed by atoms with Crippen molar-refractivity contribution in [2.75, 3.05) is 11.4 Å². The van der Waals surface area contributed by atoms with E-state index in [9.17, 15) is 9.18 Å². The SMILES string of the molecule is Cc1cccc(N2CC(Cl)CC2=O)c1F. The van der Waals surface area contributed by atoms with Crippen LogP contribution in [0.1, 0.15) is 12.0 Å². The van der Waals surface area contributed by atoms with E-state index < -0.39 is 0 Å². The Hall–Kier alpha value is -1.09. The molecule has 0 saturated carbocycles. The van der Waals surface area contributed by atoms with Crippen LogP contribution in [0.4, 0.5) is 10.1 Å². The predicted molar refractivity (Wildman–Crippen MR) is 57.7 cm³/mol. The van der Waals surface area contributed by atoms with Crippen LogP contribution in [-0.2, 0) is 4.79 Å². The molecule has 0 spiro atoms. The van der Waals surface area contributed by atoms with Gasteiger partial charge in [0.15, 0.2) is 0 Å². The van der Waals surface area contributed by atoms with Gasteiger partial charge in [0.05, 0.1) is 11.1 Å². The molecule has 1 aromatic carbocycles. The lowest BCUT2D eigenvalue weighted by Gasteiger charge is -2.17. The highest BCUT2D eigenvalue weighted by Gasteiger charge is 2.30. The number of hydrogen-bond acceptors (Lipinski definition) is 1. The number of carbonyl (C=O) groups is 1. The summed E-state index contributed by atoms with van der Waals surface area (Å²) in [5.41, 5.74) is 0.876. The van der Waals surface area contributed by atoms with Crippen LogP contribution in [0.3, 0.4) is 0 Å². The van der Waals surface area contributed by atoms with E-state index in [1.807, 2.05) is 0 Å². The van der Waals surface area contributed by atoms with Gasteiger partial charge < -0.3 is 4.90 Å². The molecule has 0 aromatic heterocycles. The van der Waals surface area contributed by atoms with Gasteiger partial charge in [0.2, 0.25) is 5.91 Å². The Morgan fingerprint density at radius 3 is 2.87 bits per heavy atom. The number of hydrogen-bond donors (Lipinski definition) is 0. The maximum Gasteiger partial charge on any atom is 0.228 e. The molecule has 2 nitrogen and oxygen atoms in total. The van der Waals surface area contributed by atoms with Crippen molar-refractivity contribution in [1.29, 1.82) is 0 Å². The predicted octanol–water partition coefficient (Wildman–Crippen LogP) is 2.48. The van der Waals surface area contributed by atoms with Crippen LogP contribution in [0, 0.1) is 12.7 Å². The molecule has 0 aliphatic carbocycles. The summed E-state index contributed by atoms with van der Waals surface area (Å²) in [6.07, 6.45) is 0.287. The smallest absolute Gasteiger partial charge is 0.228 e. The van der Waals surface area contributed by atoms with Crippen molar-refractivity contribution in [3.8, 4) is 0 Å². The van der Waals surface area contributed by atoms with Gasteiger partial charge in [0, 0.05) is 13.0 Å². The Bertz CT molecular complexity index is 408. The van der Waals surface area contributed by atoms with Crippen LogP contribution in [0.15, 0.2) is 18.2 Å². The fraction of sp³-hybridized carbons (Fsp3) is 0.364. The Morgan fingerprint density at radius 1 is 1.53 bits per heavy atom. The summed E-state index contributed by atoms with van der Waals surface area (Å²) in [5, 5.41) is -0.211. The highest BCUT2D eigenvalue weighted by molar-refractivity contribution is 6.24. The van der Waals surface area contributed by atoms with Gasteiger partial charge in [0.25, 0.3) is 0 Å². The van der Waals surface area contributed by atoms with Crippen LogP contribution >= 0.6 is 11.6 Å². The molecule has 1 aromatic rings. The first-order valence-corrected chi connectivity index (χ1v) is 5.23. The third kappa shape index (κ3) is 1.84. The molecule has 80 valence electrons. The number of anilines is 1. The molecule has 4 heteroatoms. The van der Waals surface area contributed by atoms with Gasteiger partial charge in [-0.1, -0.05) is 12.1 Å². The Balaban J connectivity index is 2.38. The summed E-state index contributed by atoms with van der Waals surface area (Å²) in [6, 6.07) is 5.02. The second kappa shape index (κ2) is 3.81. The quantitative estimate of drug-likeness (QED) is 0.675. The largest absolute Gasteiger partial charge is 0.308 e. The summed E-state index contributed by atoms with van der Waals surface area (Å²) in [5.74, 6) is -0.448. The summed E-state index contributed by atoms with van der Waals surface area (Å²) >= 11 is 5.86. The molecule has 1 saturated heterocycles. The molecule has 1 heterocycles. The number of amides is 1. The Morgan fingerprint density at radius 2 is 2.27 bits per heavy atom. The van der Waals surface area contributed by atoms with Gasteiger partial charge >= 0.3 is 0 Å². The number of carbonyl (C=O) groups excluding carboxylic acids is 1. The molecule has 1 aliphatic rings. The normalized spacial score (nSPS) is 21.1. The van der Waals surface area contributed by atoms with Crippen LogP contribution in [0.5, 0.6) is 0 Å². The van der Waals surface area contributed by atoms with Crippen molar-refractivity contribution in [2.24, 2.45) is 0 Å². The van der Waals surface area contributed by atoms with Crippen LogP contribution in [0.25, 0.3) is 0 Å². The number of rotatable bonds is 1. The highest BCUT2D eigenvalue weighted by Crippen LogP contribution is 2.27. The van der Waals surface area contributed by atoms with Gasteiger partial charge in [-0.05, 0) is 18.6 Å². The molecule has 0 bridgehead atoms. The lowest BCUT2D eigenvalue weighted by atomic mass is 10.2. The zero-order valence-electron chi connectivity index (χ0n) is 8.34. The van der Waals surface area contributed by atoms with E-state index in [1.165, 1.54) is 4.90 Å². The third-order valence-corrected chi connectivity index (χ3v) is 2.83. The van der Waals surface area contributed by atoms with Gasteiger partial charge in [-0.25, -0.2) is 4.39 Å². The first-order chi connectivity index (χ1) is 7.09. The highest BCUT2D eigenvalue weighted by atomic mass is 35.5. The maximum atomic E-state index is 13.7. The molecule has 15 heavy (non-hydrogen) atoms. The van der Waals surface area contributed by atoms with Crippen molar-refractivity contribution >= 4 is 23.2 Å². The zero-order chi connectivity index (χ0) is 11.0. The van der Waals surface area contributed by atoms with Crippen LogP contribution in [0.2, 0.25) is 0 Å². The first kappa shape index (κ1) is 10.4. The topological polar surface area (TPSA) is 20.3 Å². The number of benzene rings is 1. The minimum absolute atomic E-state index is 0.112. The number of aryl methyl sites for hydroxylation is 1. The van der Waals surface area contributed by atoms with Crippen LogP contribution < -0.4 is 4.90 Å². The maximum absolute atomic E-state index is 13.7. The zero-order valence-corrected chi connectivity index (χ0v) is 9.09. The van der Waals surface area contributed by atoms with E-state index in [1.54, 1.807) is 25.1 Å².